The molecule has 2 aromatic carbocycles. The number of amides is 1. The van der Waals surface area contributed by atoms with Crippen LogP contribution in [0.1, 0.15) is 89.3 Å². The predicted molar refractivity (Wildman–Crippen MR) is 148 cm³/mol. The molecule has 0 spiro atoms. The summed E-state index contributed by atoms with van der Waals surface area (Å²) in [6.07, 6.45) is 2.24. The minimum atomic E-state index is -0.912. The molecule has 1 aliphatic rings. The van der Waals surface area contributed by atoms with Gasteiger partial charge in [-0.25, -0.2) is 0 Å². The maximum Gasteiger partial charge on any atom is 0.306 e. The van der Waals surface area contributed by atoms with Gasteiger partial charge in [0, 0.05) is 34.8 Å². The SMILES string of the molecule is CCOC(=O)CCC(=O)C[C@@]1(C)C[C@H](c2cccc(Cl)c2)[C@@H](c2ccc(Cl)cc2)N(C(CC)CC)C1=O. The molecule has 0 unspecified atom stereocenters. The van der Waals surface area contributed by atoms with Crippen LogP contribution < -0.4 is 0 Å². The number of carbonyl (C=O) groups is 3. The van der Waals surface area contributed by atoms with Crippen molar-refractivity contribution in [3.63, 3.8) is 0 Å². The van der Waals surface area contributed by atoms with Crippen LogP contribution in [0.25, 0.3) is 0 Å². The molecule has 0 bridgehead atoms. The van der Waals surface area contributed by atoms with E-state index in [1.165, 1.54) is 0 Å². The van der Waals surface area contributed by atoms with Crippen molar-refractivity contribution in [2.24, 2.45) is 5.41 Å². The second-order valence-electron chi connectivity index (χ2n) is 10.1. The number of nitrogens with zero attached hydrogens (tertiary/aromatic N) is 1. The van der Waals surface area contributed by atoms with Crippen LogP contribution in [0.4, 0.5) is 0 Å². The Morgan fingerprint density at radius 1 is 1.00 bits per heavy atom. The van der Waals surface area contributed by atoms with E-state index >= 15 is 0 Å². The second kappa shape index (κ2) is 12.9. The molecule has 0 aromatic heterocycles. The molecule has 7 heteroatoms. The van der Waals surface area contributed by atoms with Gasteiger partial charge in [0.15, 0.2) is 0 Å². The van der Waals surface area contributed by atoms with E-state index in [4.69, 9.17) is 27.9 Å². The van der Waals surface area contributed by atoms with Gasteiger partial charge in [0.05, 0.1) is 24.5 Å². The molecule has 3 rings (SSSR count). The Labute approximate surface area is 230 Å². The van der Waals surface area contributed by atoms with Crippen LogP contribution in [0.2, 0.25) is 10.0 Å². The minimum Gasteiger partial charge on any atom is -0.466 e. The van der Waals surface area contributed by atoms with Crippen LogP contribution in [-0.4, -0.2) is 35.2 Å². The number of likely N-dealkylation sites (tertiary alicyclic amines) is 1. The molecule has 3 atom stereocenters. The Hall–Kier alpha value is -2.37. The molecule has 0 aliphatic carbocycles. The van der Waals surface area contributed by atoms with E-state index in [0.717, 1.165) is 24.0 Å². The first-order valence-corrected chi connectivity index (χ1v) is 13.9. The summed E-state index contributed by atoms with van der Waals surface area (Å²) in [7, 11) is 0. The first-order valence-electron chi connectivity index (χ1n) is 13.1. The van der Waals surface area contributed by atoms with Gasteiger partial charge >= 0.3 is 5.97 Å². The standard InChI is InChI=1S/C30H37Cl2NO4/c1-5-24(6-2)33-28(20-11-13-22(31)14-12-20)26(21-9-8-10-23(32)17-21)19-30(4,29(33)36)18-25(34)15-16-27(35)37-7-3/h8-14,17,24,26,28H,5-7,15-16,18-19H2,1-4H3/t26-,28-,30+/m1/s1. The molecule has 37 heavy (non-hydrogen) atoms. The maximum atomic E-state index is 14.3. The summed E-state index contributed by atoms with van der Waals surface area (Å²) in [5.41, 5.74) is 1.12. The van der Waals surface area contributed by atoms with Crippen LogP contribution in [-0.2, 0) is 19.1 Å². The summed E-state index contributed by atoms with van der Waals surface area (Å²) < 4.78 is 4.98. The summed E-state index contributed by atoms with van der Waals surface area (Å²) in [6.45, 7) is 8.08. The fourth-order valence-corrected chi connectivity index (χ4v) is 5.95. The van der Waals surface area contributed by atoms with Gasteiger partial charge in [0.25, 0.3) is 0 Å². The number of hydrogen-bond acceptors (Lipinski definition) is 4. The highest BCUT2D eigenvalue weighted by atomic mass is 35.5. The van der Waals surface area contributed by atoms with Crippen molar-refractivity contribution in [2.75, 3.05) is 6.61 Å². The summed E-state index contributed by atoms with van der Waals surface area (Å²) in [6, 6.07) is 15.2. The average Bonchev–Trinajstić information content (AvgIpc) is 2.87. The van der Waals surface area contributed by atoms with Crippen LogP contribution in [0.5, 0.6) is 0 Å². The quantitative estimate of drug-likeness (QED) is 0.273. The molecule has 0 N–H and O–H groups in total. The normalized spacial score (nSPS) is 21.8. The van der Waals surface area contributed by atoms with Gasteiger partial charge in [-0.3, -0.25) is 14.4 Å². The van der Waals surface area contributed by atoms with Gasteiger partial charge in [-0.15, -0.1) is 0 Å². The summed E-state index contributed by atoms with van der Waals surface area (Å²) in [4.78, 5) is 41.2. The molecule has 1 heterocycles. The van der Waals surface area contributed by atoms with E-state index in [2.05, 4.69) is 13.8 Å². The van der Waals surface area contributed by atoms with Crippen molar-refractivity contribution < 1.29 is 19.1 Å². The Morgan fingerprint density at radius 2 is 1.68 bits per heavy atom. The molecule has 2 aromatic rings. The summed E-state index contributed by atoms with van der Waals surface area (Å²) in [5.74, 6) is -0.609. The van der Waals surface area contributed by atoms with Crippen molar-refractivity contribution in [3.8, 4) is 0 Å². The van der Waals surface area contributed by atoms with E-state index in [1.54, 1.807) is 6.92 Å². The van der Waals surface area contributed by atoms with E-state index < -0.39 is 11.4 Å². The van der Waals surface area contributed by atoms with E-state index in [9.17, 15) is 14.4 Å². The topological polar surface area (TPSA) is 63.7 Å². The van der Waals surface area contributed by atoms with Crippen LogP contribution in [0.15, 0.2) is 48.5 Å². The van der Waals surface area contributed by atoms with E-state index in [-0.39, 0.29) is 55.6 Å². The number of rotatable bonds is 11. The molecule has 1 fully saturated rings. The number of ketones is 1. The maximum absolute atomic E-state index is 14.3. The highest BCUT2D eigenvalue weighted by Gasteiger charge is 2.51. The molecule has 0 saturated carbocycles. The van der Waals surface area contributed by atoms with Crippen molar-refractivity contribution >= 4 is 40.9 Å². The lowest BCUT2D eigenvalue weighted by atomic mass is 9.66. The largest absolute Gasteiger partial charge is 0.466 e. The van der Waals surface area contributed by atoms with E-state index in [0.29, 0.717) is 16.5 Å². The highest BCUT2D eigenvalue weighted by Crippen LogP contribution is 2.52. The first-order chi connectivity index (χ1) is 17.6. The summed E-state index contributed by atoms with van der Waals surface area (Å²) in [5, 5.41) is 1.27. The van der Waals surface area contributed by atoms with Crippen LogP contribution in [0.3, 0.4) is 0 Å². The fourth-order valence-electron chi connectivity index (χ4n) is 5.63. The lowest BCUT2D eigenvalue weighted by Gasteiger charge is -2.52. The van der Waals surface area contributed by atoms with Crippen molar-refractivity contribution in [1.29, 1.82) is 0 Å². The molecule has 5 nitrogen and oxygen atoms in total. The monoisotopic (exact) mass is 545 g/mol. The van der Waals surface area contributed by atoms with Gasteiger partial charge in [0.1, 0.15) is 5.78 Å². The number of benzene rings is 2. The number of halogens is 2. The minimum absolute atomic E-state index is 0.00382. The first kappa shape index (κ1) is 29.2. The molecular formula is C30H37Cl2NO4. The Bertz CT molecular complexity index is 1100. The van der Waals surface area contributed by atoms with E-state index in [1.807, 2.05) is 60.4 Å². The molecular weight excluding hydrogens is 509 g/mol. The van der Waals surface area contributed by atoms with Crippen LogP contribution >= 0.6 is 23.2 Å². The Kier molecular flexibility index (Phi) is 10.2. The summed E-state index contributed by atoms with van der Waals surface area (Å²) >= 11 is 12.6. The fraction of sp³-hybridized carbons (Fsp3) is 0.500. The highest BCUT2D eigenvalue weighted by molar-refractivity contribution is 6.30. The predicted octanol–water partition coefficient (Wildman–Crippen LogP) is 7.55. The zero-order valence-corrected chi connectivity index (χ0v) is 23.6. The van der Waals surface area contributed by atoms with Gasteiger partial charge in [-0.1, -0.05) is 68.2 Å². The van der Waals surface area contributed by atoms with Crippen molar-refractivity contribution in [1.82, 2.24) is 4.90 Å². The number of piperidine rings is 1. The van der Waals surface area contributed by atoms with Gasteiger partial charge in [0.2, 0.25) is 5.91 Å². The number of hydrogen-bond donors (Lipinski definition) is 0. The van der Waals surface area contributed by atoms with Crippen LogP contribution in [0, 0.1) is 5.41 Å². The third kappa shape index (κ3) is 6.94. The number of Topliss-reactive ketones (excluding diaryl/α,β-unsaturated/α-hetero) is 1. The molecule has 0 radical (unpaired) electrons. The Balaban J connectivity index is 2.06. The third-order valence-electron chi connectivity index (χ3n) is 7.43. The number of carbonyl (C=O) groups excluding carboxylic acids is 3. The zero-order valence-electron chi connectivity index (χ0n) is 22.1. The molecule has 1 aliphatic heterocycles. The zero-order chi connectivity index (χ0) is 27.2. The third-order valence-corrected chi connectivity index (χ3v) is 7.91. The van der Waals surface area contributed by atoms with Gasteiger partial charge in [-0.05, 0) is 61.6 Å². The van der Waals surface area contributed by atoms with Crippen molar-refractivity contribution in [2.45, 2.75) is 84.2 Å². The van der Waals surface area contributed by atoms with Gasteiger partial charge < -0.3 is 9.64 Å². The number of ether oxygens (including phenoxy) is 1. The molecule has 1 saturated heterocycles. The second-order valence-corrected chi connectivity index (χ2v) is 11.0. The smallest absolute Gasteiger partial charge is 0.306 e. The lowest BCUT2D eigenvalue weighted by Crippen LogP contribution is -2.56. The number of esters is 1. The Morgan fingerprint density at radius 3 is 2.27 bits per heavy atom. The molecule has 200 valence electrons. The van der Waals surface area contributed by atoms with Gasteiger partial charge in [-0.2, -0.15) is 0 Å². The average molecular weight is 547 g/mol. The molecule has 1 amide bonds. The lowest BCUT2D eigenvalue weighted by molar-refractivity contribution is -0.157. The van der Waals surface area contributed by atoms with Crippen molar-refractivity contribution in [3.05, 3.63) is 69.7 Å².